The molecule has 0 saturated carbocycles. The number of nitrogens with zero attached hydrogens (tertiary/aromatic N) is 2. The molecule has 0 bridgehead atoms. The molecule has 1 aliphatic heterocycles. The summed E-state index contributed by atoms with van der Waals surface area (Å²) in [5.74, 6) is 0.547. The third kappa shape index (κ3) is 4.34. The Kier molecular flexibility index (Phi) is 5.58. The maximum absolute atomic E-state index is 11.9. The zero-order valence-corrected chi connectivity index (χ0v) is 16.2. The van der Waals surface area contributed by atoms with Crippen molar-refractivity contribution in [3.63, 3.8) is 0 Å². The Morgan fingerprint density at radius 3 is 3.04 bits per heavy atom. The highest BCUT2D eigenvalue weighted by Crippen LogP contribution is 2.32. The number of amides is 1. The largest absolute Gasteiger partial charge is 0.455 e. The van der Waals surface area contributed by atoms with Crippen LogP contribution in [0.25, 0.3) is 10.2 Å². The van der Waals surface area contributed by atoms with Crippen LogP contribution in [0.3, 0.4) is 0 Å². The van der Waals surface area contributed by atoms with Gasteiger partial charge in [-0.1, -0.05) is 17.8 Å². The van der Waals surface area contributed by atoms with Crippen LogP contribution in [0.1, 0.15) is 5.56 Å². The second-order valence-corrected chi connectivity index (χ2v) is 7.59. The first-order valence-corrected chi connectivity index (χ1v) is 10.2. The maximum atomic E-state index is 11.9. The van der Waals surface area contributed by atoms with Gasteiger partial charge in [0, 0.05) is 11.9 Å². The molecule has 1 aliphatic rings. The summed E-state index contributed by atoms with van der Waals surface area (Å²) in [4.78, 5) is 33.0. The predicted octanol–water partition coefficient (Wildman–Crippen LogP) is 2.37. The predicted molar refractivity (Wildman–Crippen MR) is 104 cm³/mol. The van der Waals surface area contributed by atoms with Gasteiger partial charge in [-0.05, 0) is 29.1 Å². The number of thiophene rings is 1. The molecule has 0 atom stereocenters. The lowest BCUT2D eigenvalue weighted by Crippen LogP contribution is -2.28. The lowest BCUT2D eigenvalue weighted by molar-refractivity contribution is -0.145. The molecule has 28 heavy (non-hydrogen) atoms. The highest BCUT2D eigenvalue weighted by Gasteiger charge is 2.14. The summed E-state index contributed by atoms with van der Waals surface area (Å²) in [7, 11) is 0. The van der Waals surface area contributed by atoms with Crippen LogP contribution in [0.15, 0.2) is 41.0 Å². The number of esters is 1. The number of ether oxygens (including phenoxy) is 3. The van der Waals surface area contributed by atoms with Gasteiger partial charge in [-0.25, -0.2) is 9.97 Å². The Bertz CT molecular complexity index is 1020. The Balaban J connectivity index is 1.20. The zero-order chi connectivity index (χ0) is 19.3. The van der Waals surface area contributed by atoms with Crippen LogP contribution < -0.4 is 14.8 Å². The van der Waals surface area contributed by atoms with E-state index in [1.54, 1.807) is 12.1 Å². The second-order valence-electron chi connectivity index (χ2n) is 5.73. The normalized spacial score (nSPS) is 12.1. The Morgan fingerprint density at radius 1 is 1.21 bits per heavy atom. The van der Waals surface area contributed by atoms with Crippen molar-refractivity contribution in [1.82, 2.24) is 15.3 Å². The molecule has 144 valence electrons. The minimum Gasteiger partial charge on any atom is -0.455 e. The molecule has 0 saturated heterocycles. The van der Waals surface area contributed by atoms with Crippen LogP contribution in [0.2, 0.25) is 0 Å². The van der Waals surface area contributed by atoms with Crippen molar-refractivity contribution >= 4 is 45.2 Å². The number of benzene rings is 1. The number of carbonyl (C=O) groups is 2. The fourth-order valence-electron chi connectivity index (χ4n) is 2.50. The third-order valence-electron chi connectivity index (χ3n) is 3.84. The molecule has 10 heteroatoms. The van der Waals surface area contributed by atoms with Gasteiger partial charge in [0.25, 0.3) is 5.91 Å². The molecule has 0 unspecified atom stereocenters. The van der Waals surface area contributed by atoms with E-state index >= 15 is 0 Å². The highest BCUT2D eigenvalue weighted by atomic mass is 32.2. The van der Waals surface area contributed by atoms with E-state index in [0.29, 0.717) is 18.0 Å². The van der Waals surface area contributed by atoms with Crippen LogP contribution in [0.5, 0.6) is 11.5 Å². The van der Waals surface area contributed by atoms with Crippen molar-refractivity contribution in [2.24, 2.45) is 0 Å². The number of hydrogen-bond donors (Lipinski definition) is 1. The SMILES string of the molecule is O=C(COC(=O)CSc1ncnc2sccc12)NCc1ccc2c(c1)OCO2. The molecular formula is C18H15N3O5S2. The molecule has 1 N–H and O–H groups in total. The number of nitrogens with one attached hydrogen (secondary N) is 1. The van der Waals surface area contributed by atoms with E-state index in [0.717, 1.165) is 20.8 Å². The third-order valence-corrected chi connectivity index (χ3v) is 5.64. The molecule has 0 spiro atoms. The van der Waals surface area contributed by atoms with Gasteiger partial charge in [-0.2, -0.15) is 0 Å². The first-order valence-electron chi connectivity index (χ1n) is 8.31. The molecule has 1 amide bonds. The van der Waals surface area contributed by atoms with E-state index in [-0.39, 0.29) is 25.1 Å². The summed E-state index contributed by atoms with van der Waals surface area (Å²) >= 11 is 2.77. The quantitative estimate of drug-likeness (QED) is 0.355. The first kappa shape index (κ1) is 18.5. The molecule has 3 aromatic rings. The molecular weight excluding hydrogens is 402 g/mol. The van der Waals surface area contributed by atoms with E-state index in [1.165, 1.54) is 29.4 Å². The Hall–Kier alpha value is -2.85. The smallest absolute Gasteiger partial charge is 0.316 e. The lowest BCUT2D eigenvalue weighted by atomic mass is 10.2. The summed E-state index contributed by atoms with van der Waals surface area (Å²) in [5.41, 5.74) is 0.864. The van der Waals surface area contributed by atoms with E-state index in [2.05, 4.69) is 15.3 Å². The van der Waals surface area contributed by atoms with Crippen molar-refractivity contribution in [2.75, 3.05) is 19.2 Å². The standard InChI is InChI=1S/C18H15N3O5S2/c22-15(19-6-11-1-2-13-14(5-11)26-10-25-13)7-24-16(23)8-28-18-12-3-4-27-17(12)20-9-21-18/h1-5,9H,6-8,10H2,(H,19,22). The number of fused-ring (bicyclic) bond motifs is 2. The van der Waals surface area contributed by atoms with Crippen molar-refractivity contribution in [3.05, 3.63) is 41.5 Å². The maximum Gasteiger partial charge on any atom is 0.316 e. The molecule has 0 fully saturated rings. The molecule has 0 aliphatic carbocycles. The van der Waals surface area contributed by atoms with Gasteiger partial charge in [0.1, 0.15) is 16.2 Å². The fourth-order valence-corrected chi connectivity index (χ4v) is 4.08. The number of carbonyl (C=O) groups excluding carboxylic acids is 2. The van der Waals surface area contributed by atoms with Gasteiger partial charge in [-0.15, -0.1) is 11.3 Å². The van der Waals surface area contributed by atoms with Crippen LogP contribution in [0.4, 0.5) is 0 Å². The van der Waals surface area contributed by atoms with Gasteiger partial charge in [0.15, 0.2) is 18.1 Å². The van der Waals surface area contributed by atoms with Gasteiger partial charge in [0.2, 0.25) is 6.79 Å². The van der Waals surface area contributed by atoms with E-state index in [9.17, 15) is 9.59 Å². The first-order chi connectivity index (χ1) is 13.7. The summed E-state index contributed by atoms with van der Waals surface area (Å²) in [6, 6.07) is 7.34. The minimum absolute atomic E-state index is 0.0669. The van der Waals surface area contributed by atoms with Gasteiger partial charge >= 0.3 is 5.97 Å². The highest BCUT2D eigenvalue weighted by molar-refractivity contribution is 8.00. The molecule has 0 radical (unpaired) electrons. The lowest BCUT2D eigenvalue weighted by Gasteiger charge is -2.07. The van der Waals surface area contributed by atoms with Crippen molar-refractivity contribution in [1.29, 1.82) is 0 Å². The minimum atomic E-state index is -0.481. The average Bonchev–Trinajstić information content (AvgIpc) is 3.37. The summed E-state index contributed by atoms with van der Waals surface area (Å²) in [6.45, 7) is 0.173. The fraction of sp³-hybridized carbons (Fsp3) is 0.222. The summed E-state index contributed by atoms with van der Waals surface area (Å²) < 4.78 is 15.6. The van der Waals surface area contributed by atoms with Gasteiger partial charge in [0.05, 0.1) is 5.75 Å². The van der Waals surface area contributed by atoms with Crippen LogP contribution in [-0.4, -0.2) is 41.0 Å². The van der Waals surface area contributed by atoms with Crippen molar-refractivity contribution in [2.45, 2.75) is 11.6 Å². The topological polar surface area (TPSA) is 99.6 Å². The number of aromatic nitrogens is 2. The molecule has 4 rings (SSSR count). The van der Waals surface area contributed by atoms with Gasteiger partial charge in [-0.3, -0.25) is 9.59 Å². The average molecular weight is 417 g/mol. The number of thioether (sulfide) groups is 1. The van der Waals surface area contributed by atoms with E-state index in [1.807, 2.05) is 17.5 Å². The Labute approximate surface area is 168 Å². The van der Waals surface area contributed by atoms with Crippen LogP contribution in [0, 0.1) is 0 Å². The monoisotopic (exact) mass is 417 g/mol. The Morgan fingerprint density at radius 2 is 2.11 bits per heavy atom. The molecule has 2 aromatic heterocycles. The summed E-state index contributed by atoms with van der Waals surface area (Å²) in [6.07, 6.45) is 1.47. The zero-order valence-electron chi connectivity index (χ0n) is 14.5. The van der Waals surface area contributed by atoms with Crippen molar-refractivity contribution < 1.29 is 23.8 Å². The molecule has 8 nitrogen and oxygen atoms in total. The van der Waals surface area contributed by atoms with E-state index in [4.69, 9.17) is 14.2 Å². The van der Waals surface area contributed by atoms with Crippen LogP contribution >= 0.6 is 23.1 Å². The molecule has 1 aromatic carbocycles. The second kappa shape index (κ2) is 8.44. The number of rotatable bonds is 7. The number of hydrogen-bond acceptors (Lipinski definition) is 9. The van der Waals surface area contributed by atoms with Crippen LogP contribution in [-0.2, 0) is 20.9 Å². The van der Waals surface area contributed by atoms with Gasteiger partial charge < -0.3 is 19.5 Å². The van der Waals surface area contributed by atoms with E-state index < -0.39 is 5.97 Å². The molecule has 3 heterocycles. The van der Waals surface area contributed by atoms with Crippen molar-refractivity contribution in [3.8, 4) is 11.5 Å². The summed E-state index contributed by atoms with van der Waals surface area (Å²) in [5, 5.41) is 6.25.